The van der Waals surface area contributed by atoms with Crippen LogP contribution in [0.3, 0.4) is 0 Å². The molecule has 108 valence electrons. The van der Waals surface area contributed by atoms with Crippen LogP contribution in [0.2, 0.25) is 0 Å². The molecule has 20 heavy (non-hydrogen) atoms. The van der Waals surface area contributed by atoms with Crippen molar-refractivity contribution < 1.29 is 8.42 Å². The van der Waals surface area contributed by atoms with Crippen molar-refractivity contribution in [2.75, 3.05) is 12.3 Å². The summed E-state index contributed by atoms with van der Waals surface area (Å²) in [5.41, 5.74) is 6.67. The molecule has 6 nitrogen and oxygen atoms in total. The van der Waals surface area contributed by atoms with Crippen molar-refractivity contribution in [1.82, 2.24) is 14.5 Å². The molecular formula is C13H18N4O2S. The van der Waals surface area contributed by atoms with Gasteiger partial charge in [-0.15, -0.1) is 0 Å². The van der Waals surface area contributed by atoms with E-state index in [1.54, 1.807) is 36.0 Å². The second-order valence-corrected chi connectivity index (χ2v) is 6.22. The molecule has 0 amide bonds. The summed E-state index contributed by atoms with van der Waals surface area (Å²) in [6.45, 7) is 2.74. The average molecular weight is 294 g/mol. The molecule has 0 bridgehead atoms. The summed E-state index contributed by atoms with van der Waals surface area (Å²) in [6.07, 6.45) is 4.19. The van der Waals surface area contributed by atoms with Gasteiger partial charge in [0.05, 0.1) is 5.69 Å². The molecule has 0 unspecified atom stereocenters. The van der Waals surface area contributed by atoms with Crippen LogP contribution in [-0.2, 0) is 16.6 Å². The Morgan fingerprint density at radius 3 is 2.80 bits per heavy atom. The molecular weight excluding hydrogens is 276 g/mol. The first-order valence-electron chi connectivity index (χ1n) is 6.33. The van der Waals surface area contributed by atoms with Gasteiger partial charge in [0.2, 0.25) is 10.0 Å². The number of hydrogen-bond donors (Lipinski definition) is 2. The van der Waals surface area contributed by atoms with E-state index >= 15 is 0 Å². The van der Waals surface area contributed by atoms with Crippen LogP contribution in [0.25, 0.3) is 0 Å². The SMILES string of the molecule is Cc1cccc(N)c1S(=O)(=O)NCCCn1cccn1. The summed E-state index contributed by atoms with van der Waals surface area (Å²) < 4.78 is 28.8. The molecule has 0 aliphatic carbocycles. The van der Waals surface area contributed by atoms with E-state index in [0.717, 1.165) is 0 Å². The topological polar surface area (TPSA) is 90.0 Å². The van der Waals surface area contributed by atoms with E-state index in [4.69, 9.17) is 5.73 Å². The van der Waals surface area contributed by atoms with Crippen molar-refractivity contribution in [3.8, 4) is 0 Å². The lowest BCUT2D eigenvalue weighted by Crippen LogP contribution is -2.27. The number of aryl methyl sites for hydroxylation is 2. The van der Waals surface area contributed by atoms with Crippen molar-refractivity contribution in [2.24, 2.45) is 0 Å². The molecule has 2 rings (SSSR count). The van der Waals surface area contributed by atoms with Gasteiger partial charge in [-0.1, -0.05) is 12.1 Å². The van der Waals surface area contributed by atoms with E-state index in [0.29, 0.717) is 25.1 Å². The Morgan fingerprint density at radius 1 is 1.35 bits per heavy atom. The quantitative estimate of drug-likeness (QED) is 0.617. The number of nitrogen functional groups attached to an aromatic ring is 1. The minimum Gasteiger partial charge on any atom is -0.398 e. The van der Waals surface area contributed by atoms with Gasteiger partial charge in [0.1, 0.15) is 4.90 Å². The third-order valence-corrected chi connectivity index (χ3v) is 4.61. The van der Waals surface area contributed by atoms with E-state index < -0.39 is 10.0 Å². The minimum atomic E-state index is -3.57. The predicted octanol–water partition coefficient (Wildman–Crippen LogP) is 1.14. The second kappa shape index (κ2) is 6.06. The summed E-state index contributed by atoms with van der Waals surface area (Å²) in [5.74, 6) is 0. The fraction of sp³-hybridized carbons (Fsp3) is 0.308. The third-order valence-electron chi connectivity index (χ3n) is 2.93. The molecule has 0 radical (unpaired) electrons. The smallest absolute Gasteiger partial charge is 0.242 e. The van der Waals surface area contributed by atoms with Gasteiger partial charge in [-0.3, -0.25) is 4.68 Å². The fourth-order valence-electron chi connectivity index (χ4n) is 1.99. The largest absolute Gasteiger partial charge is 0.398 e. The van der Waals surface area contributed by atoms with Crippen molar-refractivity contribution in [3.63, 3.8) is 0 Å². The molecule has 0 atom stereocenters. The highest BCUT2D eigenvalue weighted by atomic mass is 32.2. The molecule has 1 heterocycles. The Morgan fingerprint density at radius 2 is 2.15 bits per heavy atom. The van der Waals surface area contributed by atoms with Crippen LogP contribution in [0.15, 0.2) is 41.6 Å². The van der Waals surface area contributed by atoms with E-state index in [2.05, 4.69) is 9.82 Å². The van der Waals surface area contributed by atoms with E-state index in [9.17, 15) is 8.42 Å². The number of aromatic nitrogens is 2. The average Bonchev–Trinajstić information content (AvgIpc) is 2.87. The van der Waals surface area contributed by atoms with Crippen molar-refractivity contribution in [1.29, 1.82) is 0 Å². The number of sulfonamides is 1. The summed E-state index contributed by atoms with van der Waals surface area (Å²) in [4.78, 5) is 0.166. The fourth-order valence-corrected chi connectivity index (χ4v) is 3.42. The number of benzene rings is 1. The molecule has 0 aliphatic heterocycles. The van der Waals surface area contributed by atoms with Gasteiger partial charge in [-0.25, -0.2) is 13.1 Å². The van der Waals surface area contributed by atoms with Crippen LogP contribution in [-0.4, -0.2) is 24.7 Å². The number of nitrogens with two attached hydrogens (primary N) is 1. The molecule has 0 aliphatic rings. The standard InChI is InChI=1S/C13H18N4O2S/c1-11-5-2-6-12(14)13(11)20(18,19)16-8-4-10-17-9-3-7-15-17/h2-3,5-7,9,16H,4,8,10,14H2,1H3. The van der Waals surface area contributed by atoms with Crippen LogP contribution in [0.4, 0.5) is 5.69 Å². The van der Waals surface area contributed by atoms with Crippen LogP contribution in [0, 0.1) is 6.92 Å². The lowest BCUT2D eigenvalue weighted by Gasteiger charge is -2.11. The Balaban J connectivity index is 1.97. The maximum absolute atomic E-state index is 12.2. The first-order chi connectivity index (χ1) is 9.50. The summed E-state index contributed by atoms with van der Waals surface area (Å²) in [7, 11) is -3.57. The highest BCUT2D eigenvalue weighted by Gasteiger charge is 2.18. The Bertz CT molecular complexity index is 645. The first kappa shape index (κ1) is 14.5. The Hall–Kier alpha value is -1.86. The maximum atomic E-state index is 12.2. The highest BCUT2D eigenvalue weighted by molar-refractivity contribution is 7.89. The third kappa shape index (κ3) is 3.37. The van der Waals surface area contributed by atoms with E-state index in [1.165, 1.54) is 0 Å². The van der Waals surface area contributed by atoms with Gasteiger partial charge < -0.3 is 5.73 Å². The van der Waals surface area contributed by atoms with Crippen LogP contribution < -0.4 is 10.5 Å². The Kier molecular flexibility index (Phi) is 4.41. The molecule has 2 aromatic rings. The second-order valence-electron chi connectivity index (χ2n) is 4.51. The molecule has 0 saturated heterocycles. The lowest BCUT2D eigenvalue weighted by molar-refractivity contribution is 0.553. The monoisotopic (exact) mass is 294 g/mol. The van der Waals surface area contributed by atoms with Crippen LogP contribution >= 0.6 is 0 Å². The number of hydrogen-bond acceptors (Lipinski definition) is 4. The zero-order valence-electron chi connectivity index (χ0n) is 11.3. The lowest BCUT2D eigenvalue weighted by atomic mass is 10.2. The molecule has 7 heteroatoms. The van der Waals surface area contributed by atoms with Gasteiger partial charge in [0, 0.05) is 25.5 Å². The van der Waals surface area contributed by atoms with Crippen LogP contribution in [0.1, 0.15) is 12.0 Å². The molecule has 0 saturated carbocycles. The predicted molar refractivity (Wildman–Crippen MR) is 77.6 cm³/mol. The minimum absolute atomic E-state index is 0.166. The molecule has 1 aromatic carbocycles. The molecule has 0 spiro atoms. The maximum Gasteiger partial charge on any atom is 0.242 e. The van der Waals surface area contributed by atoms with E-state index in [-0.39, 0.29) is 10.6 Å². The van der Waals surface area contributed by atoms with Crippen molar-refractivity contribution in [3.05, 3.63) is 42.2 Å². The van der Waals surface area contributed by atoms with Crippen molar-refractivity contribution >= 4 is 15.7 Å². The van der Waals surface area contributed by atoms with Gasteiger partial charge >= 0.3 is 0 Å². The van der Waals surface area contributed by atoms with Gasteiger partial charge in [0.25, 0.3) is 0 Å². The van der Waals surface area contributed by atoms with Gasteiger partial charge in [0.15, 0.2) is 0 Å². The van der Waals surface area contributed by atoms with Gasteiger partial charge in [-0.05, 0) is 31.0 Å². The number of nitrogens with one attached hydrogen (secondary N) is 1. The number of anilines is 1. The summed E-state index contributed by atoms with van der Waals surface area (Å²) in [6, 6.07) is 6.89. The molecule has 0 fully saturated rings. The number of rotatable bonds is 6. The van der Waals surface area contributed by atoms with E-state index in [1.807, 2.05) is 12.3 Å². The zero-order valence-corrected chi connectivity index (χ0v) is 12.1. The number of nitrogens with zero attached hydrogens (tertiary/aromatic N) is 2. The summed E-state index contributed by atoms with van der Waals surface area (Å²) in [5, 5.41) is 4.06. The normalized spacial score (nSPS) is 11.7. The summed E-state index contributed by atoms with van der Waals surface area (Å²) >= 11 is 0. The highest BCUT2D eigenvalue weighted by Crippen LogP contribution is 2.21. The van der Waals surface area contributed by atoms with Crippen molar-refractivity contribution in [2.45, 2.75) is 24.8 Å². The van der Waals surface area contributed by atoms with Crippen LogP contribution in [0.5, 0.6) is 0 Å². The first-order valence-corrected chi connectivity index (χ1v) is 7.81. The van der Waals surface area contributed by atoms with Gasteiger partial charge in [-0.2, -0.15) is 5.10 Å². The molecule has 1 aromatic heterocycles. The zero-order chi connectivity index (χ0) is 14.6. The molecule has 3 N–H and O–H groups in total. The Labute approximate surface area is 118 Å².